The minimum atomic E-state index is -0.805. The van der Waals surface area contributed by atoms with Crippen LogP contribution in [-0.2, 0) is 9.59 Å². The van der Waals surface area contributed by atoms with Gasteiger partial charge in [-0.2, -0.15) is 0 Å². The van der Waals surface area contributed by atoms with E-state index >= 15 is 0 Å². The number of hydrogen-bond acceptors (Lipinski definition) is 2. The molecule has 2 aliphatic rings. The smallest absolute Gasteiger partial charge is 0.306 e. The van der Waals surface area contributed by atoms with Gasteiger partial charge >= 0.3 is 5.97 Å². The van der Waals surface area contributed by atoms with E-state index in [4.69, 9.17) is 0 Å². The van der Waals surface area contributed by atoms with Crippen LogP contribution in [0.15, 0.2) is 5.57 Å². The second kappa shape index (κ2) is 5.53. The van der Waals surface area contributed by atoms with Crippen LogP contribution in [0.2, 0.25) is 0 Å². The van der Waals surface area contributed by atoms with Gasteiger partial charge in [0.15, 0.2) is 0 Å². The first-order valence-electron chi connectivity index (χ1n) is 8.54. The van der Waals surface area contributed by atoms with E-state index in [1.165, 1.54) is 6.42 Å². The Bertz CT molecular complexity index is 508. The number of fused-ring (bicyclic) bond motifs is 2. The lowest BCUT2D eigenvalue weighted by atomic mass is 9.55. The van der Waals surface area contributed by atoms with Crippen LogP contribution in [0.25, 0.3) is 0 Å². The van der Waals surface area contributed by atoms with Crippen LogP contribution in [0.5, 0.6) is 0 Å². The molecule has 2 bridgehead atoms. The number of carbonyl (C=O) groups excluding carboxylic acids is 1. The summed E-state index contributed by atoms with van der Waals surface area (Å²) in [5, 5.41) is 9.62. The van der Waals surface area contributed by atoms with Gasteiger partial charge in [0.2, 0.25) is 0 Å². The van der Waals surface area contributed by atoms with E-state index in [1.807, 2.05) is 13.8 Å². The molecule has 0 heterocycles. The Labute approximate surface area is 134 Å². The first-order chi connectivity index (χ1) is 10.1. The van der Waals surface area contributed by atoms with Gasteiger partial charge in [-0.25, -0.2) is 4.79 Å². The first kappa shape index (κ1) is 17.3. The maximum atomic E-state index is 11.7. The summed E-state index contributed by atoms with van der Waals surface area (Å²) in [6.45, 7) is 12.6. The predicted molar refractivity (Wildman–Crippen MR) is 87.1 cm³/mol. The Kier molecular flexibility index (Phi) is 4.34. The van der Waals surface area contributed by atoms with Crippen molar-refractivity contribution in [2.45, 2.75) is 60.8 Å². The molecular weight excluding hydrogens is 276 g/mol. The molecule has 0 aliphatic heterocycles. The molecule has 2 saturated carbocycles. The van der Waals surface area contributed by atoms with Crippen LogP contribution in [-0.4, -0.2) is 17.0 Å². The third-order valence-electron chi connectivity index (χ3n) is 6.77. The number of allylic oxidation sites excluding steroid dienone is 1. The topological polar surface area (TPSA) is 54.4 Å². The standard InChI is InChI=1S/C19H30O3/c1-11(2)14(10-20)15(12(3)17(21)22)16-18(4,5)13-7-8-19(16,6)9-13/h11-13,15-16H,7-9H2,1-6H3,(H,21,22)/t12-,13?,15?,16?,19?/m0/s1. The molecule has 22 heavy (non-hydrogen) atoms. The predicted octanol–water partition coefficient (Wildman–Crippen LogP) is 4.20. The average Bonchev–Trinajstić information content (AvgIpc) is 2.87. The van der Waals surface area contributed by atoms with E-state index in [-0.39, 0.29) is 28.6 Å². The zero-order valence-corrected chi connectivity index (χ0v) is 14.8. The van der Waals surface area contributed by atoms with Crippen LogP contribution < -0.4 is 0 Å². The van der Waals surface area contributed by atoms with Gasteiger partial charge in [0, 0.05) is 11.5 Å². The molecule has 124 valence electrons. The summed E-state index contributed by atoms with van der Waals surface area (Å²) in [6, 6.07) is 0. The maximum Gasteiger partial charge on any atom is 0.306 e. The second-order valence-electron chi connectivity index (χ2n) is 8.76. The molecule has 0 spiro atoms. The molecule has 3 heteroatoms. The van der Waals surface area contributed by atoms with Gasteiger partial charge in [0.05, 0.1) is 5.92 Å². The third kappa shape index (κ3) is 2.44. The molecule has 0 saturated heterocycles. The number of carbonyl (C=O) groups is 1. The molecule has 2 fully saturated rings. The van der Waals surface area contributed by atoms with Crippen molar-refractivity contribution in [3.05, 3.63) is 5.57 Å². The van der Waals surface area contributed by atoms with E-state index in [0.717, 1.165) is 12.8 Å². The number of hydrogen-bond donors (Lipinski definition) is 1. The highest BCUT2D eigenvalue weighted by Crippen LogP contribution is 2.69. The van der Waals surface area contributed by atoms with E-state index in [1.54, 1.807) is 6.92 Å². The molecule has 0 aromatic carbocycles. The normalized spacial score (nSPS) is 35.2. The van der Waals surface area contributed by atoms with Gasteiger partial charge in [-0.3, -0.25) is 4.79 Å². The van der Waals surface area contributed by atoms with Crippen molar-refractivity contribution in [1.82, 2.24) is 0 Å². The van der Waals surface area contributed by atoms with Crippen molar-refractivity contribution < 1.29 is 14.7 Å². The van der Waals surface area contributed by atoms with Crippen LogP contribution in [0.1, 0.15) is 60.8 Å². The number of carboxylic acids is 1. The van der Waals surface area contributed by atoms with Crippen molar-refractivity contribution in [3.8, 4) is 0 Å². The van der Waals surface area contributed by atoms with Crippen LogP contribution in [0.3, 0.4) is 0 Å². The molecule has 0 amide bonds. The lowest BCUT2D eigenvalue weighted by molar-refractivity contribution is -0.144. The van der Waals surface area contributed by atoms with Crippen LogP contribution in [0.4, 0.5) is 0 Å². The quantitative estimate of drug-likeness (QED) is 0.774. The lowest BCUT2D eigenvalue weighted by Gasteiger charge is -2.48. The van der Waals surface area contributed by atoms with Gasteiger partial charge in [-0.05, 0) is 47.8 Å². The van der Waals surface area contributed by atoms with Crippen molar-refractivity contribution in [3.63, 3.8) is 0 Å². The van der Waals surface area contributed by atoms with Crippen molar-refractivity contribution in [2.24, 2.45) is 40.4 Å². The van der Waals surface area contributed by atoms with E-state index in [0.29, 0.717) is 11.5 Å². The van der Waals surface area contributed by atoms with Gasteiger partial charge in [-0.1, -0.05) is 41.5 Å². The Balaban J connectivity index is 2.54. The summed E-state index contributed by atoms with van der Waals surface area (Å²) in [5.74, 6) is 1.50. The fourth-order valence-electron chi connectivity index (χ4n) is 5.70. The first-order valence-corrected chi connectivity index (χ1v) is 8.54. The summed E-state index contributed by atoms with van der Waals surface area (Å²) in [5.41, 5.74) is 0.902. The number of carboxylic acid groups (broad SMARTS) is 1. The number of aliphatic carboxylic acids is 1. The summed E-state index contributed by atoms with van der Waals surface area (Å²) >= 11 is 0. The van der Waals surface area contributed by atoms with Gasteiger partial charge < -0.3 is 5.11 Å². The summed E-state index contributed by atoms with van der Waals surface area (Å²) < 4.78 is 0. The van der Waals surface area contributed by atoms with Gasteiger partial charge in [0.25, 0.3) is 0 Å². The number of rotatable bonds is 5. The molecule has 2 rings (SSSR count). The largest absolute Gasteiger partial charge is 0.481 e. The summed E-state index contributed by atoms with van der Waals surface area (Å²) in [4.78, 5) is 23.4. The van der Waals surface area contributed by atoms with Gasteiger partial charge in [0.1, 0.15) is 5.94 Å². The monoisotopic (exact) mass is 306 g/mol. The van der Waals surface area contributed by atoms with Gasteiger partial charge in [-0.15, -0.1) is 0 Å². The molecule has 0 aromatic heterocycles. The van der Waals surface area contributed by atoms with Crippen molar-refractivity contribution in [1.29, 1.82) is 0 Å². The Morgan fingerprint density at radius 3 is 2.18 bits per heavy atom. The highest BCUT2D eigenvalue weighted by molar-refractivity contribution is 5.72. The molecule has 4 unspecified atom stereocenters. The highest BCUT2D eigenvalue weighted by Gasteiger charge is 2.62. The summed E-state index contributed by atoms with van der Waals surface area (Å²) in [6.07, 6.45) is 3.55. The Morgan fingerprint density at radius 1 is 1.23 bits per heavy atom. The van der Waals surface area contributed by atoms with Crippen LogP contribution >= 0.6 is 0 Å². The van der Waals surface area contributed by atoms with Crippen molar-refractivity contribution >= 4 is 11.9 Å². The molecule has 3 nitrogen and oxygen atoms in total. The van der Waals surface area contributed by atoms with E-state index in [2.05, 4.69) is 26.7 Å². The highest BCUT2D eigenvalue weighted by atomic mass is 16.4. The Morgan fingerprint density at radius 2 is 1.82 bits per heavy atom. The SMILES string of the molecule is CC(C)C(=C=O)C(C1C2(C)CCC(C2)C1(C)C)[C@H](C)C(=O)O. The molecule has 2 aliphatic carbocycles. The van der Waals surface area contributed by atoms with Crippen molar-refractivity contribution in [2.75, 3.05) is 0 Å². The molecule has 0 radical (unpaired) electrons. The average molecular weight is 306 g/mol. The molecule has 5 atom stereocenters. The Hall–Kier alpha value is -1.08. The van der Waals surface area contributed by atoms with Crippen LogP contribution in [0, 0.1) is 40.4 Å². The maximum absolute atomic E-state index is 11.7. The minimum Gasteiger partial charge on any atom is -0.481 e. The zero-order chi connectivity index (χ0) is 16.9. The van der Waals surface area contributed by atoms with E-state index < -0.39 is 11.9 Å². The molecule has 1 N–H and O–H groups in total. The minimum absolute atomic E-state index is 0.0443. The second-order valence-corrected chi connectivity index (χ2v) is 8.76. The zero-order valence-electron chi connectivity index (χ0n) is 14.8. The van der Waals surface area contributed by atoms with E-state index in [9.17, 15) is 14.7 Å². The summed E-state index contributed by atoms with van der Waals surface area (Å²) in [7, 11) is 0. The fourth-order valence-corrected chi connectivity index (χ4v) is 5.70. The molecule has 0 aromatic rings. The third-order valence-corrected chi connectivity index (χ3v) is 6.77. The lowest BCUT2D eigenvalue weighted by Crippen LogP contribution is -2.45. The molecular formula is C19H30O3. The fraction of sp³-hybridized carbons (Fsp3) is 0.842.